The van der Waals surface area contributed by atoms with Gasteiger partial charge in [-0.3, -0.25) is 4.79 Å². The molecule has 0 atom stereocenters. The molecule has 0 saturated carbocycles. The van der Waals surface area contributed by atoms with Crippen molar-refractivity contribution in [3.05, 3.63) is 107 Å². The molecule has 0 spiro atoms. The molecule has 2 N–H and O–H groups in total. The Kier molecular flexibility index (Phi) is 6.29. The van der Waals surface area contributed by atoms with Crippen LogP contribution in [0.1, 0.15) is 28.2 Å². The normalized spacial score (nSPS) is 13.2. The van der Waals surface area contributed by atoms with Crippen LogP contribution in [0.15, 0.2) is 94.7 Å². The Morgan fingerprint density at radius 1 is 0.842 bits per heavy atom. The first-order chi connectivity index (χ1) is 18.5. The van der Waals surface area contributed by atoms with Gasteiger partial charge in [0.2, 0.25) is 0 Å². The fourth-order valence-corrected chi connectivity index (χ4v) is 6.76. The number of nitrogens with zero attached hydrogens (tertiary/aromatic N) is 1. The number of amides is 1. The van der Waals surface area contributed by atoms with Crippen molar-refractivity contribution in [1.82, 2.24) is 5.32 Å². The van der Waals surface area contributed by atoms with Crippen LogP contribution in [0.25, 0.3) is 11.1 Å². The number of rotatable bonds is 6. The van der Waals surface area contributed by atoms with Crippen molar-refractivity contribution in [2.45, 2.75) is 28.7 Å². The Balaban J connectivity index is 1.17. The van der Waals surface area contributed by atoms with Crippen LogP contribution in [0.2, 0.25) is 0 Å². The first kappa shape index (κ1) is 24.1. The lowest BCUT2D eigenvalue weighted by molar-refractivity contribution is -0.136. The molecule has 1 heterocycles. The summed E-state index contributed by atoms with van der Waals surface area (Å²) in [5.74, 6) is -0.858. The van der Waals surface area contributed by atoms with Gasteiger partial charge in [0.15, 0.2) is 0 Å². The molecule has 0 aromatic heterocycles. The molecule has 0 radical (unpaired) electrons. The van der Waals surface area contributed by atoms with Crippen LogP contribution in [0.4, 0.5) is 16.2 Å². The summed E-state index contributed by atoms with van der Waals surface area (Å²) in [4.78, 5) is 28.2. The lowest BCUT2D eigenvalue weighted by Gasteiger charge is -2.32. The second-order valence-electron chi connectivity index (χ2n) is 9.44. The van der Waals surface area contributed by atoms with E-state index < -0.39 is 12.1 Å². The molecular weight excluding hydrogens is 496 g/mol. The smallest absolute Gasteiger partial charge is 0.407 e. The average molecular weight is 523 g/mol. The third-order valence-electron chi connectivity index (χ3n) is 7.19. The Bertz CT molecular complexity index is 1520. The van der Waals surface area contributed by atoms with Gasteiger partial charge in [0.25, 0.3) is 0 Å². The maximum atomic E-state index is 12.8. The minimum absolute atomic E-state index is 0.00555. The number of benzene rings is 4. The number of carbonyl (C=O) groups excluding carboxylic acids is 1. The number of carboxylic acid groups (broad SMARTS) is 1. The number of hydrogen-bond acceptors (Lipinski definition) is 5. The zero-order valence-electron chi connectivity index (χ0n) is 20.8. The van der Waals surface area contributed by atoms with E-state index >= 15 is 0 Å². The van der Waals surface area contributed by atoms with E-state index in [0.717, 1.165) is 32.3 Å². The topological polar surface area (TPSA) is 78.9 Å². The summed E-state index contributed by atoms with van der Waals surface area (Å²) < 4.78 is 5.71. The Morgan fingerprint density at radius 3 is 2.05 bits per heavy atom. The van der Waals surface area contributed by atoms with Crippen LogP contribution in [-0.4, -0.2) is 30.8 Å². The molecule has 1 aliphatic heterocycles. The molecule has 0 unspecified atom stereocenters. The third-order valence-corrected chi connectivity index (χ3v) is 8.54. The Morgan fingerprint density at radius 2 is 1.42 bits per heavy atom. The number of hydrogen-bond donors (Lipinski definition) is 2. The van der Waals surface area contributed by atoms with Gasteiger partial charge in [-0.05, 0) is 45.5 Å². The molecule has 1 amide bonds. The molecule has 190 valence electrons. The summed E-state index contributed by atoms with van der Waals surface area (Å²) in [6.45, 7) is 0.563. The van der Waals surface area contributed by atoms with Crippen molar-refractivity contribution in [2.75, 3.05) is 18.6 Å². The Labute approximate surface area is 225 Å². The van der Waals surface area contributed by atoms with E-state index in [0.29, 0.717) is 6.54 Å². The van der Waals surface area contributed by atoms with Gasteiger partial charge < -0.3 is 20.1 Å². The predicted octanol–water partition coefficient (Wildman–Crippen LogP) is 6.58. The number of carbonyl (C=O) groups is 2. The highest BCUT2D eigenvalue weighted by Gasteiger charge is 2.29. The highest BCUT2D eigenvalue weighted by atomic mass is 32.2. The summed E-state index contributed by atoms with van der Waals surface area (Å²) >= 11 is 1.55. The monoisotopic (exact) mass is 522 g/mol. The van der Waals surface area contributed by atoms with Crippen LogP contribution < -0.4 is 10.2 Å². The van der Waals surface area contributed by atoms with Gasteiger partial charge >= 0.3 is 12.1 Å². The second-order valence-corrected chi connectivity index (χ2v) is 10.5. The zero-order valence-corrected chi connectivity index (χ0v) is 21.6. The molecule has 0 saturated heterocycles. The van der Waals surface area contributed by atoms with Gasteiger partial charge in [0.1, 0.15) is 6.61 Å². The van der Waals surface area contributed by atoms with E-state index in [2.05, 4.69) is 34.5 Å². The number of ether oxygens (including phenoxy) is 1. The first-order valence-electron chi connectivity index (χ1n) is 12.5. The number of carboxylic acids is 1. The van der Waals surface area contributed by atoms with Gasteiger partial charge in [-0.2, -0.15) is 0 Å². The maximum Gasteiger partial charge on any atom is 0.407 e. The van der Waals surface area contributed by atoms with E-state index in [4.69, 9.17) is 4.74 Å². The number of fused-ring (bicyclic) bond motifs is 5. The van der Waals surface area contributed by atoms with Crippen LogP contribution in [-0.2, 0) is 22.5 Å². The van der Waals surface area contributed by atoms with Gasteiger partial charge in [-0.25, -0.2) is 4.79 Å². The summed E-state index contributed by atoms with van der Waals surface area (Å²) in [6.07, 6.45) is -0.509. The summed E-state index contributed by atoms with van der Waals surface area (Å²) in [5.41, 5.74) is 8.45. The number of nitrogens with one attached hydrogen (secondary N) is 1. The summed E-state index contributed by atoms with van der Waals surface area (Å²) in [5, 5.41) is 12.3. The van der Waals surface area contributed by atoms with Crippen LogP contribution >= 0.6 is 11.8 Å². The van der Waals surface area contributed by atoms with Crippen molar-refractivity contribution < 1.29 is 19.4 Å². The standard InChI is InChI=1S/C31H26N2O4S/c1-33-26-14-6-8-19(16-28(34)35)29(26)38-30-20(9-7-15-27(30)33)17-32-31(36)37-18-25-23-12-4-2-10-21(23)22-11-3-5-13-24(22)25/h2-15,25H,16-18H2,1H3,(H,32,36)(H,34,35). The van der Waals surface area contributed by atoms with Gasteiger partial charge in [-0.1, -0.05) is 84.6 Å². The fourth-order valence-electron chi connectivity index (χ4n) is 5.40. The maximum absolute atomic E-state index is 12.8. The fraction of sp³-hybridized carbons (Fsp3) is 0.161. The molecular formula is C31H26N2O4S. The molecule has 7 heteroatoms. The molecule has 0 fully saturated rings. The molecule has 4 aromatic rings. The lowest BCUT2D eigenvalue weighted by Crippen LogP contribution is -2.26. The summed E-state index contributed by atoms with van der Waals surface area (Å²) in [6, 6.07) is 28.3. The van der Waals surface area contributed by atoms with Crippen molar-refractivity contribution in [1.29, 1.82) is 0 Å². The van der Waals surface area contributed by atoms with Gasteiger partial charge in [-0.15, -0.1) is 0 Å². The molecule has 6 rings (SSSR count). The number of alkyl carbamates (subject to hydrolysis) is 1. The summed E-state index contributed by atoms with van der Waals surface area (Å²) in [7, 11) is 1.98. The average Bonchev–Trinajstić information content (AvgIpc) is 3.25. The number of aliphatic carboxylic acids is 1. The van der Waals surface area contributed by atoms with Crippen molar-refractivity contribution >= 4 is 35.2 Å². The number of anilines is 2. The molecule has 6 nitrogen and oxygen atoms in total. The largest absolute Gasteiger partial charge is 0.481 e. The third kappa shape index (κ3) is 4.29. The zero-order chi connectivity index (χ0) is 26.2. The van der Waals surface area contributed by atoms with Crippen LogP contribution in [0, 0.1) is 0 Å². The Hall–Kier alpha value is -4.23. The first-order valence-corrected chi connectivity index (χ1v) is 13.3. The predicted molar refractivity (Wildman–Crippen MR) is 148 cm³/mol. The van der Waals surface area contributed by atoms with E-state index in [9.17, 15) is 14.7 Å². The minimum atomic E-state index is -0.863. The lowest BCUT2D eigenvalue weighted by atomic mass is 9.98. The highest BCUT2D eigenvalue weighted by molar-refractivity contribution is 7.99. The van der Waals surface area contributed by atoms with Crippen LogP contribution in [0.3, 0.4) is 0 Å². The van der Waals surface area contributed by atoms with Gasteiger partial charge in [0.05, 0.1) is 17.8 Å². The van der Waals surface area contributed by atoms with Crippen molar-refractivity contribution in [3.8, 4) is 11.1 Å². The van der Waals surface area contributed by atoms with E-state index in [1.54, 1.807) is 11.8 Å². The van der Waals surface area contributed by atoms with Gasteiger partial charge in [0, 0.05) is 29.3 Å². The molecule has 4 aromatic carbocycles. The highest BCUT2D eigenvalue weighted by Crippen LogP contribution is 2.50. The SMILES string of the molecule is CN1c2cccc(CNC(=O)OCC3c4ccccc4-c4ccccc43)c2Sc2c(CC(=O)O)cccc21. The molecule has 2 aliphatic rings. The quantitative estimate of drug-likeness (QED) is 0.298. The van der Waals surface area contributed by atoms with E-state index in [1.165, 1.54) is 22.3 Å². The molecule has 0 bridgehead atoms. The van der Waals surface area contributed by atoms with Crippen molar-refractivity contribution in [2.24, 2.45) is 0 Å². The van der Waals surface area contributed by atoms with E-state index in [-0.39, 0.29) is 18.9 Å². The molecule has 38 heavy (non-hydrogen) atoms. The van der Waals surface area contributed by atoms with Crippen molar-refractivity contribution in [3.63, 3.8) is 0 Å². The second kappa shape index (κ2) is 9.91. The minimum Gasteiger partial charge on any atom is -0.481 e. The van der Waals surface area contributed by atoms with Crippen LogP contribution in [0.5, 0.6) is 0 Å². The van der Waals surface area contributed by atoms with E-state index in [1.807, 2.05) is 67.7 Å². The molecule has 1 aliphatic carbocycles.